The zero-order chi connectivity index (χ0) is 22.4. The van der Waals surface area contributed by atoms with Crippen molar-refractivity contribution in [3.63, 3.8) is 0 Å². The number of nitrogens with zero attached hydrogens (tertiary/aromatic N) is 1. The lowest BCUT2D eigenvalue weighted by Crippen LogP contribution is -2.38. The Balaban J connectivity index is 1.90. The third-order valence-corrected chi connectivity index (χ3v) is 6.48. The molecule has 0 aromatic heterocycles. The molecule has 0 heterocycles. The summed E-state index contributed by atoms with van der Waals surface area (Å²) in [5, 5.41) is 3.16. The van der Waals surface area contributed by atoms with Crippen molar-refractivity contribution >= 4 is 38.9 Å². The Morgan fingerprint density at radius 3 is 2.35 bits per heavy atom. The van der Waals surface area contributed by atoms with Gasteiger partial charge in [-0.3, -0.25) is 9.10 Å². The number of ether oxygens (including phenoxy) is 1. The quantitative estimate of drug-likeness (QED) is 0.522. The van der Waals surface area contributed by atoms with Crippen molar-refractivity contribution in [1.29, 1.82) is 0 Å². The summed E-state index contributed by atoms with van der Waals surface area (Å²) in [4.78, 5) is 12.8. The minimum atomic E-state index is -4.00. The van der Waals surface area contributed by atoms with Crippen molar-refractivity contribution in [1.82, 2.24) is 0 Å². The van der Waals surface area contributed by atoms with Crippen LogP contribution in [0.5, 0.6) is 5.75 Å². The van der Waals surface area contributed by atoms with Gasteiger partial charge in [-0.2, -0.15) is 0 Å². The molecule has 0 aliphatic carbocycles. The lowest BCUT2D eigenvalue weighted by molar-refractivity contribution is -0.114. The molecule has 0 saturated heterocycles. The highest BCUT2D eigenvalue weighted by molar-refractivity contribution is 7.92. The first-order valence-corrected chi connectivity index (χ1v) is 11.5. The van der Waals surface area contributed by atoms with E-state index in [9.17, 15) is 13.2 Å². The smallest absolute Gasteiger partial charge is 0.264 e. The van der Waals surface area contributed by atoms with E-state index < -0.39 is 22.5 Å². The highest BCUT2D eigenvalue weighted by Crippen LogP contribution is 2.25. The van der Waals surface area contributed by atoms with E-state index in [1.807, 2.05) is 13.8 Å². The highest BCUT2D eigenvalue weighted by Gasteiger charge is 2.27. The van der Waals surface area contributed by atoms with Gasteiger partial charge in [-0.1, -0.05) is 35.4 Å². The predicted molar refractivity (Wildman–Crippen MR) is 123 cm³/mol. The molecule has 0 aliphatic rings. The number of aryl methyl sites for hydroxylation is 1. The number of carbonyl (C=O) groups is 1. The number of amides is 1. The Morgan fingerprint density at radius 2 is 1.71 bits per heavy atom. The maximum atomic E-state index is 13.3. The van der Waals surface area contributed by atoms with E-state index in [-0.39, 0.29) is 4.90 Å². The fraction of sp³-hybridized carbons (Fsp3) is 0.174. The minimum absolute atomic E-state index is 0.0450. The molecule has 0 aliphatic heterocycles. The van der Waals surface area contributed by atoms with Gasteiger partial charge in [-0.25, -0.2) is 8.42 Å². The maximum Gasteiger partial charge on any atom is 0.264 e. The fourth-order valence-electron chi connectivity index (χ4n) is 2.92. The normalized spacial score (nSPS) is 11.1. The zero-order valence-corrected chi connectivity index (χ0v) is 18.8. The fourth-order valence-corrected chi connectivity index (χ4v) is 4.47. The summed E-state index contributed by atoms with van der Waals surface area (Å²) in [7, 11) is -4.00. The van der Waals surface area contributed by atoms with E-state index in [0.29, 0.717) is 28.8 Å². The molecule has 0 bridgehead atoms. The van der Waals surface area contributed by atoms with Crippen molar-refractivity contribution in [2.45, 2.75) is 18.7 Å². The van der Waals surface area contributed by atoms with Crippen LogP contribution in [0.15, 0.2) is 77.7 Å². The van der Waals surface area contributed by atoms with Crippen molar-refractivity contribution in [2.24, 2.45) is 0 Å². The van der Waals surface area contributed by atoms with Gasteiger partial charge < -0.3 is 10.1 Å². The Hall–Kier alpha value is -3.03. The first-order valence-electron chi connectivity index (χ1n) is 9.67. The van der Waals surface area contributed by atoms with Crippen LogP contribution in [0, 0.1) is 6.92 Å². The second-order valence-electron chi connectivity index (χ2n) is 6.81. The maximum absolute atomic E-state index is 13.3. The topological polar surface area (TPSA) is 75.7 Å². The first kappa shape index (κ1) is 22.7. The molecule has 0 saturated carbocycles. The third kappa shape index (κ3) is 5.77. The van der Waals surface area contributed by atoms with E-state index in [1.54, 1.807) is 48.5 Å². The van der Waals surface area contributed by atoms with Gasteiger partial charge in [0, 0.05) is 16.8 Å². The monoisotopic (exact) mass is 458 g/mol. The number of rotatable bonds is 8. The number of nitrogens with one attached hydrogen (secondary N) is 1. The van der Waals surface area contributed by atoms with Crippen molar-refractivity contribution in [2.75, 3.05) is 22.8 Å². The molecule has 0 fully saturated rings. The molecule has 3 rings (SSSR count). The Bertz CT molecular complexity index is 1150. The van der Waals surface area contributed by atoms with Gasteiger partial charge in [0.2, 0.25) is 5.91 Å². The first-order chi connectivity index (χ1) is 14.8. The molecule has 0 radical (unpaired) electrons. The second-order valence-corrected chi connectivity index (χ2v) is 9.11. The summed E-state index contributed by atoms with van der Waals surface area (Å²) in [6.07, 6.45) is 0. The van der Waals surface area contributed by atoms with Crippen molar-refractivity contribution in [3.05, 3.63) is 83.4 Å². The van der Waals surface area contributed by atoms with Crippen LogP contribution in [-0.2, 0) is 14.8 Å². The molecule has 3 aromatic carbocycles. The molecule has 1 N–H and O–H groups in total. The largest absolute Gasteiger partial charge is 0.494 e. The van der Waals surface area contributed by atoms with E-state index in [0.717, 1.165) is 9.87 Å². The number of hydrogen-bond donors (Lipinski definition) is 1. The van der Waals surface area contributed by atoms with Crippen LogP contribution >= 0.6 is 11.6 Å². The molecule has 0 spiro atoms. The number of sulfonamides is 1. The van der Waals surface area contributed by atoms with Gasteiger partial charge in [-0.05, 0) is 62.4 Å². The van der Waals surface area contributed by atoms with Crippen LogP contribution in [0.1, 0.15) is 12.5 Å². The summed E-state index contributed by atoms with van der Waals surface area (Å²) < 4.78 is 33.2. The van der Waals surface area contributed by atoms with Gasteiger partial charge in [0.05, 0.1) is 17.2 Å². The summed E-state index contributed by atoms with van der Waals surface area (Å²) in [6.45, 7) is 3.87. The van der Waals surface area contributed by atoms with E-state index in [1.165, 1.54) is 24.3 Å². The molecule has 8 heteroatoms. The SMILES string of the molecule is CCOc1cccc(NC(=O)CN(c2ccc(C)cc2)S(=O)(=O)c2ccc(Cl)cc2)c1. The van der Waals surface area contributed by atoms with Gasteiger partial charge in [-0.15, -0.1) is 0 Å². The van der Waals surface area contributed by atoms with Gasteiger partial charge >= 0.3 is 0 Å². The molecule has 0 unspecified atom stereocenters. The van der Waals surface area contributed by atoms with Crippen LogP contribution in [0.2, 0.25) is 5.02 Å². The minimum Gasteiger partial charge on any atom is -0.494 e. The Kier molecular flexibility index (Phi) is 7.20. The number of anilines is 2. The summed E-state index contributed by atoms with van der Waals surface area (Å²) in [6, 6.07) is 19.7. The van der Waals surface area contributed by atoms with Crippen LogP contribution in [0.4, 0.5) is 11.4 Å². The highest BCUT2D eigenvalue weighted by atomic mass is 35.5. The summed E-state index contributed by atoms with van der Waals surface area (Å²) in [5.41, 5.74) is 1.88. The lowest BCUT2D eigenvalue weighted by Gasteiger charge is -2.24. The molecular formula is C23H23ClN2O4S. The van der Waals surface area contributed by atoms with Gasteiger partial charge in [0.1, 0.15) is 12.3 Å². The summed E-state index contributed by atoms with van der Waals surface area (Å²) >= 11 is 5.90. The van der Waals surface area contributed by atoms with Crippen molar-refractivity contribution < 1.29 is 17.9 Å². The van der Waals surface area contributed by atoms with Crippen LogP contribution in [0.3, 0.4) is 0 Å². The Morgan fingerprint density at radius 1 is 1.03 bits per heavy atom. The zero-order valence-electron chi connectivity index (χ0n) is 17.2. The van der Waals surface area contributed by atoms with Crippen LogP contribution in [-0.4, -0.2) is 27.5 Å². The van der Waals surface area contributed by atoms with Crippen molar-refractivity contribution in [3.8, 4) is 5.75 Å². The molecule has 162 valence electrons. The average Bonchev–Trinajstić information content (AvgIpc) is 2.73. The number of carbonyl (C=O) groups excluding carboxylic acids is 1. The van der Waals surface area contributed by atoms with E-state index in [4.69, 9.17) is 16.3 Å². The number of hydrogen-bond acceptors (Lipinski definition) is 4. The predicted octanol–water partition coefficient (Wildman–Crippen LogP) is 4.88. The standard InChI is InChI=1S/C23H23ClN2O4S/c1-3-30-21-6-4-5-19(15-21)25-23(27)16-26(20-11-7-17(2)8-12-20)31(28,29)22-13-9-18(24)10-14-22/h4-15H,3,16H2,1-2H3,(H,25,27). The molecule has 0 atom stereocenters. The molecule has 31 heavy (non-hydrogen) atoms. The lowest BCUT2D eigenvalue weighted by atomic mass is 10.2. The number of halogens is 1. The average molecular weight is 459 g/mol. The Labute approximate surface area is 187 Å². The van der Waals surface area contributed by atoms with Gasteiger partial charge in [0.25, 0.3) is 10.0 Å². The second kappa shape index (κ2) is 9.85. The van der Waals surface area contributed by atoms with Crippen LogP contribution in [0.25, 0.3) is 0 Å². The van der Waals surface area contributed by atoms with E-state index in [2.05, 4.69) is 5.32 Å². The molecule has 3 aromatic rings. The third-order valence-electron chi connectivity index (χ3n) is 4.44. The molecule has 1 amide bonds. The van der Waals surface area contributed by atoms with Crippen LogP contribution < -0.4 is 14.4 Å². The van der Waals surface area contributed by atoms with Gasteiger partial charge in [0.15, 0.2) is 0 Å². The van der Waals surface area contributed by atoms with E-state index >= 15 is 0 Å². The molecule has 6 nitrogen and oxygen atoms in total. The number of benzene rings is 3. The molecular weight excluding hydrogens is 436 g/mol. The summed E-state index contributed by atoms with van der Waals surface area (Å²) in [5.74, 6) is 0.135.